The molecule has 76 valence electrons. The van der Waals surface area contributed by atoms with Gasteiger partial charge in [-0.15, -0.1) is 0 Å². The fourth-order valence-corrected chi connectivity index (χ4v) is 1.57. The molecular weight excluding hydrogens is 188 g/mol. The summed E-state index contributed by atoms with van der Waals surface area (Å²) in [6.07, 6.45) is 0. The Morgan fingerprint density at radius 1 is 0.867 bits per heavy atom. The molecule has 0 aromatic heterocycles. The Morgan fingerprint density at radius 2 is 1.53 bits per heavy atom. The van der Waals surface area contributed by atoms with E-state index in [1.54, 1.807) is 19.1 Å². The molecule has 0 atom stereocenters. The van der Waals surface area contributed by atoms with Crippen LogP contribution in [0.1, 0.15) is 5.56 Å². The lowest BCUT2D eigenvalue weighted by Gasteiger charge is -2.09. The van der Waals surface area contributed by atoms with Crippen LogP contribution >= 0.6 is 0 Å². The van der Waals surface area contributed by atoms with Gasteiger partial charge in [-0.3, -0.25) is 0 Å². The molecule has 2 aromatic rings. The Kier molecular flexibility index (Phi) is 2.34. The predicted octanol–water partition coefficient (Wildman–Crippen LogP) is 3.07. The van der Waals surface area contributed by atoms with Gasteiger partial charge in [-0.25, -0.2) is 0 Å². The SMILES string of the molecule is Cc1ccc(O)c(-c2ccccc2)c1O. The maximum Gasteiger partial charge on any atom is 0.130 e. The third-order valence-electron chi connectivity index (χ3n) is 2.42. The molecule has 0 spiro atoms. The molecule has 0 fully saturated rings. The first kappa shape index (κ1) is 9.59. The first-order valence-electron chi connectivity index (χ1n) is 4.77. The normalized spacial score (nSPS) is 10.2. The van der Waals surface area contributed by atoms with Gasteiger partial charge in [0.05, 0.1) is 5.56 Å². The molecule has 0 aliphatic carbocycles. The Hall–Kier alpha value is -1.96. The Morgan fingerprint density at radius 3 is 2.20 bits per heavy atom. The van der Waals surface area contributed by atoms with Crippen molar-refractivity contribution in [3.05, 3.63) is 48.0 Å². The molecule has 0 radical (unpaired) electrons. The second-order valence-corrected chi connectivity index (χ2v) is 3.49. The Balaban J connectivity index is 2.68. The highest BCUT2D eigenvalue weighted by atomic mass is 16.3. The van der Waals surface area contributed by atoms with E-state index in [0.717, 1.165) is 11.1 Å². The summed E-state index contributed by atoms with van der Waals surface area (Å²) in [4.78, 5) is 0. The van der Waals surface area contributed by atoms with E-state index in [9.17, 15) is 10.2 Å². The first-order chi connectivity index (χ1) is 7.20. The number of phenolic OH excluding ortho intramolecular Hbond substituents is 2. The summed E-state index contributed by atoms with van der Waals surface area (Å²) in [5, 5.41) is 19.6. The van der Waals surface area contributed by atoms with E-state index in [0.29, 0.717) is 5.56 Å². The van der Waals surface area contributed by atoms with Gasteiger partial charge in [0.1, 0.15) is 11.5 Å². The van der Waals surface area contributed by atoms with Gasteiger partial charge >= 0.3 is 0 Å². The zero-order valence-corrected chi connectivity index (χ0v) is 8.44. The van der Waals surface area contributed by atoms with Crippen LogP contribution in [0.5, 0.6) is 11.5 Å². The minimum absolute atomic E-state index is 0.101. The molecule has 0 amide bonds. The van der Waals surface area contributed by atoms with Crippen LogP contribution in [0.25, 0.3) is 11.1 Å². The molecule has 2 N–H and O–H groups in total. The van der Waals surface area contributed by atoms with Crippen LogP contribution in [0.15, 0.2) is 42.5 Å². The average molecular weight is 200 g/mol. The summed E-state index contributed by atoms with van der Waals surface area (Å²) < 4.78 is 0. The standard InChI is InChI=1S/C13H12O2/c1-9-7-8-11(14)12(13(9)15)10-5-3-2-4-6-10/h2-8,14-15H,1H3. The Labute approximate surface area is 88.4 Å². The third kappa shape index (κ3) is 1.66. The van der Waals surface area contributed by atoms with Gasteiger partial charge < -0.3 is 10.2 Å². The van der Waals surface area contributed by atoms with Crippen LogP contribution in [-0.2, 0) is 0 Å². The molecule has 2 aromatic carbocycles. The number of aryl methyl sites for hydroxylation is 1. The van der Waals surface area contributed by atoms with E-state index < -0.39 is 0 Å². The molecule has 0 unspecified atom stereocenters. The minimum Gasteiger partial charge on any atom is -0.507 e. The van der Waals surface area contributed by atoms with Crippen LogP contribution in [-0.4, -0.2) is 10.2 Å². The zero-order chi connectivity index (χ0) is 10.8. The van der Waals surface area contributed by atoms with Gasteiger partial charge in [0, 0.05) is 0 Å². The second-order valence-electron chi connectivity index (χ2n) is 3.49. The van der Waals surface area contributed by atoms with Gasteiger partial charge in [0.2, 0.25) is 0 Å². The van der Waals surface area contributed by atoms with E-state index in [1.165, 1.54) is 0 Å². The van der Waals surface area contributed by atoms with Crippen molar-refractivity contribution < 1.29 is 10.2 Å². The van der Waals surface area contributed by atoms with Crippen molar-refractivity contribution in [2.45, 2.75) is 6.92 Å². The maximum atomic E-state index is 9.87. The highest BCUT2D eigenvalue weighted by molar-refractivity contribution is 5.77. The van der Waals surface area contributed by atoms with Crippen molar-refractivity contribution in [1.82, 2.24) is 0 Å². The summed E-state index contributed by atoms with van der Waals surface area (Å²) in [7, 11) is 0. The smallest absolute Gasteiger partial charge is 0.130 e. The largest absolute Gasteiger partial charge is 0.507 e. The molecule has 2 rings (SSSR count). The molecule has 0 saturated heterocycles. The lowest BCUT2D eigenvalue weighted by Crippen LogP contribution is -1.83. The lowest BCUT2D eigenvalue weighted by atomic mass is 10.0. The van der Waals surface area contributed by atoms with Gasteiger partial charge in [0.15, 0.2) is 0 Å². The zero-order valence-electron chi connectivity index (χ0n) is 8.44. The molecule has 0 saturated carbocycles. The average Bonchev–Trinajstić information content (AvgIpc) is 2.26. The minimum atomic E-state index is 0.101. The number of benzene rings is 2. The van der Waals surface area contributed by atoms with Crippen LogP contribution in [0, 0.1) is 6.92 Å². The highest BCUT2D eigenvalue weighted by Gasteiger charge is 2.11. The summed E-state index contributed by atoms with van der Waals surface area (Å²) in [6, 6.07) is 12.6. The van der Waals surface area contributed by atoms with Crippen LogP contribution in [0.4, 0.5) is 0 Å². The van der Waals surface area contributed by atoms with Crippen LogP contribution in [0.3, 0.4) is 0 Å². The summed E-state index contributed by atoms with van der Waals surface area (Å²) in [5.41, 5.74) is 2.07. The van der Waals surface area contributed by atoms with E-state index in [4.69, 9.17) is 0 Å². The van der Waals surface area contributed by atoms with Gasteiger partial charge in [-0.05, 0) is 24.1 Å². The Bertz CT molecular complexity index is 475. The van der Waals surface area contributed by atoms with Gasteiger partial charge in [0.25, 0.3) is 0 Å². The van der Waals surface area contributed by atoms with Gasteiger partial charge in [-0.1, -0.05) is 36.4 Å². The fraction of sp³-hybridized carbons (Fsp3) is 0.0769. The molecule has 0 aliphatic rings. The third-order valence-corrected chi connectivity index (χ3v) is 2.42. The monoisotopic (exact) mass is 200 g/mol. The van der Waals surface area contributed by atoms with Crippen LogP contribution < -0.4 is 0 Å². The van der Waals surface area contributed by atoms with E-state index in [2.05, 4.69) is 0 Å². The fourth-order valence-electron chi connectivity index (χ4n) is 1.57. The number of phenols is 2. The number of aromatic hydroxyl groups is 2. The van der Waals surface area contributed by atoms with Crippen molar-refractivity contribution in [3.8, 4) is 22.6 Å². The lowest BCUT2D eigenvalue weighted by molar-refractivity contribution is 0.451. The summed E-state index contributed by atoms with van der Waals surface area (Å²) in [5.74, 6) is 0.241. The van der Waals surface area contributed by atoms with E-state index in [-0.39, 0.29) is 11.5 Å². The quantitative estimate of drug-likeness (QED) is 0.742. The van der Waals surface area contributed by atoms with Crippen molar-refractivity contribution in [3.63, 3.8) is 0 Å². The van der Waals surface area contributed by atoms with Crippen molar-refractivity contribution in [1.29, 1.82) is 0 Å². The molecule has 0 aliphatic heterocycles. The van der Waals surface area contributed by atoms with Crippen molar-refractivity contribution in [2.24, 2.45) is 0 Å². The molecule has 15 heavy (non-hydrogen) atoms. The van der Waals surface area contributed by atoms with Crippen molar-refractivity contribution >= 4 is 0 Å². The van der Waals surface area contributed by atoms with Crippen LogP contribution in [0.2, 0.25) is 0 Å². The van der Waals surface area contributed by atoms with E-state index >= 15 is 0 Å². The van der Waals surface area contributed by atoms with Gasteiger partial charge in [-0.2, -0.15) is 0 Å². The number of hydrogen-bond acceptors (Lipinski definition) is 2. The van der Waals surface area contributed by atoms with Crippen molar-refractivity contribution in [2.75, 3.05) is 0 Å². The molecule has 2 heteroatoms. The molecular formula is C13H12O2. The summed E-state index contributed by atoms with van der Waals surface area (Å²) >= 11 is 0. The second kappa shape index (κ2) is 3.65. The molecule has 2 nitrogen and oxygen atoms in total. The molecule has 0 heterocycles. The number of hydrogen-bond donors (Lipinski definition) is 2. The maximum absolute atomic E-state index is 9.87. The molecule has 0 bridgehead atoms. The topological polar surface area (TPSA) is 40.5 Å². The van der Waals surface area contributed by atoms with E-state index in [1.807, 2.05) is 30.3 Å². The number of rotatable bonds is 1. The highest BCUT2D eigenvalue weighted by Crippen LogP contribution is 2.38. The first-order valence-corrected chi connectivity index (χ1v) is 4.77. The predicted molar refractivity (Wildman–Crippen MR) is 59.9 cm³/mol. The summed E-state index contributed by atoms with van der Waals surface area (Å²) in [6.45, 7) is 1.81.